The molecular formula is C7H13N4O2+. The molecule has 0 atom stereocenters. The highest BCUT2D eigenvalue weighted by molar-refractivity contribution is 5.66. The van der Waals surface area contributed by atoms with E-state index < -0.39 is 5.97 Å². The Labute approximate surface area is 75.6 Å². The molecule has 1 aromatic rings. The van der Waals surface area contributed by atoms with Crippen molar-refractivity contribution in [2.75, 3.05) is 0 Å². The molecule has 72 valence electrons. The quantitative estimate of drug-likeness (QED) is 0.566. The van der Waals surface area contributed by atoms with Crippen LogP contribution in [0.1, 0.15) is 26.6 Å². The lowest BCUT2D eigenvalue weighted by Gasteiger charge is -2.15. The molecule has 0 spiro atoms. The van der Waals surface area contributed by atoms with Crippen molar-refractivity contribution >= 4 is 5.97 Å². The molecule has 6 nitrogen and oxygen atoms in total. The maximum absolute atomic E-state index is 10.5. The highest BCUT2D eigenvalue weighted by Crippen LogP contribution is 2.18. The summed E-state index contributed by atoms with van der Waals surface area (Å²) in [6, 6.07) is 0. The minimum Gasteiger partial charge on any atom is -0.563 e. The molecule has 0 saturated heterocycles. The van der Waals surface area contributed by atoms with E-state index in [9.17, 15) is 4.79 Å². The number of hydrogen-bond acceptors (Lipinski definition) is 4. The van der Waals surface area contributed by atoms with Crippen molar-refractivity contribution in [2.24, 2.45) is 0 Å². The summed E-state index contributed by atoms with van der Waals surface area (Å²) in [6.45, 7) is 5.76. The lowest BCUT2D eigenvalue weighted by atomic mass is 9.96. The summed E-state index contributed by atoms with van der Waals surface area (Å²) in [7, 11) is 0. The van der Waals surface area contributed by atoms with E-state index in [1.54, 1.807) is 0 Å². The molecule has 1 rings (SSSR count). The SMILES string of the molecule is CC(C)(C)c1nnnn1CC(=O)[OH2+]. The Morgan fingerprint density at radius 1 is 1.54 bits per heavy atom. The van der Waals surface area contributed by atoms with Gasteiger partial charge in [0, 0.05) is 10.2 Å². The summed E-state index contributed by atoms with van der Waals surface area (Å²) < 4.78 is 1.36. The van der Waals surface area contributed by atoms with Gasteiger partial charge in [-0.25, -0.2) is 4.68 Å². The lowest BCUT2D eigenvalue weighted by Crippen LogP contribution is -2.22. The predicted molar refractivity (Wildman–Crippen MR) is 45.1 cm³/mol. The second kappa shape index (κ2) is 3.12. The van der Waals surface area contributed by atoms with Gasteiger partial charge in [0.1, 0.15) is 0 Å². The summed E-state index contributed by atoms with van der Waals surface area (Å²) in [5.41, 5.74) is -0.209. The number of aromatic nitrogens is 4. The zero-order valence-corrected chi connectivity index (χ0v) is 7.90. The van der Waals surface area contributed by atoms with E-state index in [4.69, 9.17) is 5.11 Å². The molecule has 2 N–H and O–H groups in total. The Kier molecular flexibility index (Phi) is 2.31. The number of nitrogens with zero attached hydrogens (tertiary/aromatic N) is 4. The molecule has 0 aliphatic heterocycles. The highest BCUT2D eigenvalue weighted by atomic mass is 16.4. The fraction of sp³-hybridized carbons (Fsp3) is 0.714. The average Bonchev–Trinajstić information content (AvgIpc) is 2.31. The molecule has 0 radical (unpaired) electrons. The maximum Gasteiger partial charge on any atom is 0.537 e. The van der Waals surface area contributed by atoms with Crippen LogP contribution in [-0.2, 0) is 16.8 Å². The van der Waals surface area contributed by atoms with Crippen LogP contribution in [-0.4, -0.2) is 31.3 Å². The zero-order chi connectivity index (χ0) is 10.1. The van der Waals surface area contributed by atoms with Gasteiger partial charge in [0.05, 0.1) is 0 Å². The van der Waals surface area contributed by atoms with Crippen LogP contribution >= 0.6 is 0 Å². The normalized spacial score (nSPS) is 11.6. The fourth-order valence-electron chi connectivity index (χ4n) is 0.984. The van der Waals surface area contributed by atoms with Crippen LogP contribution in [0.15, 0.2) is 0 Å². The van der Waals surface area contributed by atoms with Gasteiger partial charge in [0.15, 0.2) is 5.82 Å². The first kappa shape index (κ1) is 9.63. The van der Waals surface area contributed by atoms with Gasteiger partial charge < -0.3 is 5.11 Å². The van der Waals surface area contributed by atoms with E-state index >= 15 is 0 Å². The Hall–Kier alpha value is -1.46. The topological polar surface area (TPSA) is 83.6 Å². The number of rotatable bonds is 2. The maximum atomic E-state index is 10.5. The first-order valence-electron chi connectivity index (χ1n) is 3.92. The van der Waals surface area contributed by atoms with Crippen molar-refractivity contribution in [3.8, 4) is 0 Å². The minimum absolute atomic E-state index is 0.0837. The van der Waals surface area contributed by atoms with Gasteiger partial charge >= 0.3 is 5.97 Å². The van der Waals surface area contributed by atoms with Crippen molar-refractivity contribution in [3.05, 3.63) is 5.82 Å². The summed E-state index contributed by atoms with van der Waals surface area (Å²) in [5, 5.41) is 17.7. The van der Waals surface area contributed by atoms with Crippen LogP contribution < -0.4 is 0 Å². The lowest BCUT2D eigenvalue weighted by molar-refractivity contribution is -0.138. The molecule has 0 fully saturated rings. The van der Waals surface area contributed by atoms with Crippen molar-refractivity contribution in [3.63, 3.8) is 0 Å². The van der Waals surface area contributed by atoms with E-state index in [0.717, 1.165) is 0 Å². The van der Waals surface area contributed by atoms with Gasteiger partial charge in [-0.1, -0.05) is 20.8 Å². The summed E-state index contributed by atoms with van der Waals surface area (Å²) in [4.78, 5) is 10.5. The molecule has 0 aliphatic rings. The zero-order valence-electron chi connectivity index (χ0n) is 7.90. The van der Waals surface area contributed by atoms with E-state index in [1.807, 2.05) is 20.8 Å². The molecule has 6 heteroatoms. The Balaban J connectivity index is 2.96. The van der Waals surface area contributed by atoms with E-state index in [1.165, 1.54) is 4.68 Å². The second-order valence-corrected chi connectivity index (χ2v) is 3.83. The summed E-state index contributed by atoms with van der Waals surface area (Å²) in [6.07, 6.45) is 0. The third-order valence-corrected chi connectivity index (χ3v) is 1.50. The van der Waals surface area contributed by atoms with Crippen molar-refractivity contribution in [2.45, 2.75) is 32.7 Å². The summed E-state index contributed by atoms with van der Waals surface area (Å²) >= 11 is 0. The van der Waals surface area contributed by atoms with Crippen LogP contribution in [0, 0.1) is 0 Å². The standard InChI is InChI=1S/C7H12N4O2/c1-7(2,3)6-8-9-10-11(6)4-5(12)13/h4H2,1-3H3,(H,12,13)/p+1. The van der Waals surface area contributed by atoms with Crippen molar-refractivity contribution < 1.29 is 9.90 Å². The number of carbonyl (C=O) groups excluding carboxylic acids is 1. The predicted octanol–water partition coefficient (Wildman–Crippen LogP) is -0.778. The minimum atomic E-state index is -0.696. The first-order valence-corrected chi connectivity index (χ1v) is 3.92. The Morgan fingerprint density at radius 3 is 2.62 bits per heavy atom. The van der Waals surface area contributed by atoms with E-state index in [-0.39, 0.29) is 12.0 Å². The summed E-state index contributed by atoms with van der Waals surface area (Å²) in [5.74, 6) is -0.0779. The van der Waals surface area contributed by atoms with Gasteiger partial charge in [-0.15, -0.1) is 5.10 Å². The number of hydrogen-bond donors (Lipinski definition) is 0. The van der Waals surface area contributed by atoms with E-state index in [2.05, 4.69) is 15.5 Å². The second-order valence-electron chi connectivity index (χ2n) is 3.83. The highest BCUT2D eigenvalue weighted by Gasteiger charge is 2.24. The Bertz CT molecular complexity index is 313. The smallest absolute Gasteiger partial charge is 0.537 e. The molecule has 0 aliphatic carbocycles. The molecule has 1 aromatic heterocycles. The van der Waals surface area contributed by atoms with Crippen LogP contribution in [0.2, 0.25) is 0 Å². The molecule has 0 aromatic carbocycles. The van der Waals surface area contributed by atoms with Gasteiger partial charge in [-0.3, -0.25) is 0 Å². The molecular weight excluding hydrogens is 172 g/mol. The number of tetrazole rings is 1. The van der Waals surface area contributed by atoms with Crippen molar-refractivity contribution in [1.82, 2.24) is 20.2 Å². The third-order valence-electron chi connectivity index (χ3n) is 1.50. The van der Waals surface area contributed by atoms with Gasteiger partial charge in [-0.05, 0) is 10.4 Å². The molecule has 0 saturated carbocycles. The third kappa shape index (κ3) is 2.24. The van der Waals surface area contributed by atoms with Crippen LogP contribution in [0.3, 0.4) is 0 Å². The van der Waals surface area contributed by atoms with Gasteiger partial charge in [0.25, 0.3) is 0 Å². The van der Waals surface area contributed by atoms with Gasteiger partial charge in [0.2, 0.25) is 6.54 Å². The van der Waals surface area contributed by atoms with Crippen LogP contribution in [0.4, 0.5) is 0 Å². The van der Waals surface area contributed by atoms with Crippen LogP contribution in [0.5, 0.6) is 0 Å². The molecule has 1 heterocycles. The molecule has 13 heavy (non-hydrogen) atoms. The monoisotopic (exact) mass is 185 g/mol. The molecule has 0 amide bonds. The molecule has 0 unspecified atom stereocenters. The largest absolute Gasteiger partial charge is 0.563 e. The molecule has 0 bridgehead atoms. The van der Waals surface area contributed by atoms with Crippen LogP contribution in [0.25, 0.3) is 0 Å². The van der Waals surface area contributed by atoms with Gasteiger partial charge in [-0.2, -0.15) is 0 Å². The first-order chi connectivity index (χ1) is 5.91. The van der Waals surface area contributed by atoms with E-state index in [0.29, 0.717) is 5.82 Å². The fourth-order valence-corrected chi connectivity index (χ4v) is 0.984. The van der Waals surface area contributed by atoms with Crippen molar-refractivity contribution in [1.29, 1.82) is 0 Å². The average molecular weight is 185 g/mol. The number of carbonyl (C=O) groups is 1. The Morgan fingerprint density at radius 2 is 2.15 bits per heavy atom.